The van der Waals surface area contributed by atoms with Gasteiger partial charge in [-0.25, -0.2) is 14.2 Å². The number of aliphatic hydroxyl groups excluding tert-OH is 1. The summed E-state index contributed by atoms with van der Waals surface area (Å²) in [6, 6.07) is 13.2. The third-order valence-corrected chi connectivity index (χ3v) is 12.9. The maximum atomic E-state index is 15.0. The highest BCUT2D eigenvalue weighted by atomic mass is 32.1. The fourth-order valence-electron chi connectivity index (χ4n) is 8.83. The molecule has 4 aromatic rings. The van der Waals surface area contributed by atoms with E-state index in [4.69, 9.17) is 14.5 Å². The lowest BCUT2D eigenvalue weighted by atomic mass is 9.78. The first-order valence-corrected chi connectivity index (χ1v) is 25.2. The lowest BCUT2D eigenvalue weighted by Gasteiger charge is -2.29. The number of aromatic nitrogens is 2. The van der Waals surface area contributed by atoms with E-state index in [0.717, 1.165) is 28.5 Å². The van der Waals surface area contributed by atoms with Crippen LogP contribution in [-0.4, -0.2) is 119 Å². The number of nitrogens with one attached hydrogen (secondary N) is 5. The Morgan fingerprint density at radius 1 is 0.905 bits per heavy atom. The van der Waals surface area contributed by atoms with E-state index in [0.29, 0.717) is 74.1 Å². The molecular formula is C52H65FN8O12S. The van der Waals surface area contributed by atoms with E-state index in [9.17, 15) is 52.6 Å². The summed E-state index contributed by atoms with van der Waals surface area (Å²) in [7, 11) is 0. The number of hydrogen-bond donors (Lipinski definition) is 7. The van der Waals surface area contributed by atoms with E-state index in [1.54, 1.807) is 13.0 Å². The van der Waals surface area contributed by atoms with Crippen LogP contribution in [0.25, 0.3) is 22.3 Å². The lowest BCUT2D eigenvalue weighted by molar-refractivity contribution is -0.157. The number of hydrogen-bond acceptors (Lipinski definition) is 14. The van der Waals surface area contributed by atoms with E-state index in [1.165, 1.54) is 21.1 Å². The van der Waals surface area contributed by atoms with Crippen LogP contribution in [-0.2, 0) is 67.4 Å². The zero-order valence-electron chi connectivity index (χ0n) is 42.3. The Balaban J connectivity index is 0.000000272. The van der Waals surface area contributed by atoms with Crippen molar-refractivity contribution < 1.29 is 57.3 Å². The number of carbonyl (C=O) groups is 8. The summed E-state index contributed by atoms with van der Waals surface area (Å²) in [5.74, 6) is -3.16. The van der Waals surface area contributed by atoms with Gasteiger partial charge in [0.25, 0.3) is 5.56 Å². The molecule has 1 aliphatic carbocycles. The Bertz CT molecular complexity index is 2790. The molecule has 22 heteroatoms. The molecule has 20 nitrogen and oxygen atoms in total. The summed E-state index contributed by atoms with van der Waals surface area (Å²) in [6.45, 7) is 10.1. The van der Waals surface area contributed by atoms with Crippen LogP contribution in [0.1, 0.15) is 110 Å². The third kappa shape index (κ3) is 14.6. The number of benzene rings is 2. The van der Waals surface area contributed by atoms with Gasteiger partial charge in [-0.1, -0.05) is 56.2 Å². The van der Waals surface area contributed by atoms with Crippen molar-refractivity contribution in [3.8, 4) is 11.4 Å². The largest absolute Gasteiger partial charge is 0.458 e. The van der Waals surface area contributed by atoms with E-state index in [1.807, 2.05) is 39.0 Å². The van der Waals surface area contributed by atoms with E-state index >= 15 is 0 Å². The predicted octanol–water partition coefficient (Wildman–Crippen LogP) is 2.82. The fraction of sp³-hybridized carbons (Fsp3) is 0.462. The molecule has 2 aromatic heterocycles. The number of fused-ring (bicyclic) bond motifs is 5. The van der Waals surface area contributed by atoms with Gasteiger partial charge in [-0.2, -0.15) is 12.6 Å². The molecule has 3 aliphatic heterocycles. The summed E-state index contributed by atoms with van der Waals surface area (Å²) in [6.07, 6.45) is 2.57. The first-order valence-electron chi connectivity index (χ1n) is 24.7. The number of ether oxygens (including phenoxy) is 2. The minimum Gasteiger partial charge on any atom is -0.458 e. The number of likely N-dealkylation sites (N-methyl/N-ethyl adjacent to an activating group) is 1. The molecule has 5 heterocycles. The number of cyclic esters (lactones) is 1. The van der Waals surface area contributed by atoms with Gasteiger partial charge >= 0.3 is 5.97 Å². The molecule has 3 unspecified atom stereocenters. The average Bonchev–Trinajstić information content (AvgIpc) is 3.88. The molecular weight excluding hydrogens is 980 g/mol. The Morgan fingerprint density at radius 2 is 1.59 bits per heavy atom. The van der Waals surface area contributed by atoms with Gasteiger partial charge < -0.3 is 45.7 Å². The summed E-state index contributed by atoms with van der Waals surface area (Å²) < 4.78 is 27.3. The molecule has 8 rings (SSSR count). The second kappa shape index (κ2) is 27.9. The van der Waals surface area contributed by atoms with E-state index in [-0.39, 0.29) is 99.0 Å². The number of carbonyl (C=O) groups excluding carboxylic acids is 8. The number of pyridine rings is 2. The van der Waals surface area contributed by atoms with Crippen molar-refractivity contribution in [3.05, 3.63) is 97.6 Å². The van der Waals surface area contributed by atoms with Gasteiger partial charge in [0.15, 0.2) is 6.10 Å². The molecule has 1 saturated heterocycles. The Hall–Kier alpha value is -7.04. The number of nitrogens with zero attached hydrogens (tertiary/aromatic N) is 3. The molecule has 0 radical (unpaired) electrons. The number of aryl methyl sites for hydroxylation is 2. The highest BCUT2D eigenvalue weighted by Gasteiger charge is 2.38. The van der Waals surface area contributed by atoms with Crippen molar-refractivity contribution in [1.29, 1.82) is 0 Å². The number of rotatable bonds is 18. The molecule has 0 saturated carbocycles. The van der Waals surface area contributed by atoms with Gasteiger partial charge in [0.05, 0.1) is 60.5 Å². The van der Waals surface area contributed by atoms with Crippen molar-refractivity contribution in [2.45, 2.75) is 110 Å². The van der Waals surface area contributed by atoms with Crippen LogP contribution < -0.4 is 32.1 Å². The minimum atomic E-state index is -1.59. The highest BCUT2D eigenvalue weighted by molar-refractivity contribution is 7.81. The number of amides is 7. The third-order valence-electron chi connectivity index (χ3n) is 12.5. The van der Waals surface area contributed by atoms with Crippen LogP contribution in [0.2, 0.25) is 0 Å². The molecule has 3 atom stereocenters. The fourth-order valence-corrected chi connectivity index (χ4v) is 9.12. The molecule has 0 spiro atoms. The van der Waals surface area contributed by atoms with Crippen LogP contribution in [0.5, 0.6) is 0 Å². The van der Waals surface area contributed by atoms with E-state index in [2.05, 4.69) is 58.3 Å². The molecule has 1 fully saturated rings. The van der Waals surface area contributed by atoms with Crippen molar-refractivity contribution in [2.24, 2.45) is 0 Å². The zero-order chi connectivity index (χ0) is 54.1. The van der Waals surface area contributed by atoms with Crippen molar-refractivity contribution in [2.75, 3.05) is 46.1 Å². The molecule has 0 bridgehead atoms. The Morgan fingerprint density at radius 3 is 2.24 bits per heavy atom. The van der Waals surface area contributed by atoms with Gasteiger partial charge in [-0.3, -0.25) is 43.3 Å². The van der Waals surface area contributed by atoms with Gasteiger partial charge in [-0.15, -0.1) is 0 Å². The Labute approximate surface area is 433 Å². The summed E-state index contributed by atoms with van der Waals surface area (Å²) >= 11 is 4.05. The number of imide groups is 1. The van der Waals surface area contributed by atoms with Gasteiger partial charge in [0, 0.05) is 54.4 Å². The molecule has 2 aromatic carbocycles. The van der Waals surface area contributed by atoms with Crippen LogP contribution in [0.15, 0.2) is 47.3 Å². The number of esters is 1. The summed E-state index contributed by atoms with van der Waals surface area (Å²) in [5.41, 5.74) is 5.70. The Kier molecular flexibility index (Phi) is 21.8. The lowest BCUT2D eigenvalue weighted by Crippen LogP contribution is -2.41. The monoisotopic (exact) mass is 1040 g/mol. The number of aliphatic hydroxyl groups is 1. The first-order chi connectivity index (χ1) is 35.5. The van der Waals surface area contributed by atoms with Crippen molar-refractivity contribution in [1.82, 2.24) is 41.0 Å². The average molecular weight is 1050 g/mol. The first kappa shape index (κ1) is 57.9. The maximum Gasteiger partial charge on any atom is 0.340 e. The van der Waals surface area contributed by atoms with Crippen LogP contribution in [0.4, 0.5) is 4.39 Å². The van der Waals surface area contributed by atoms with Crippen LogP contribution in [0.3, 0.4) is 0 Å². The number of likely N-dealkylation sites (tertiary alicyclic amines) is 1. The second-order valence-corrected chi connectivity index (χ2v) is 18.1. The number of thiol groups is 1. The summed E-state index contributed by atoms with van der Waals surface area (Å²) in [5, 5.41) is 23.0. The van der Waals surface area contributed by atoms with Crippen LogP contribution in [0, 0.1) is 19.7 Å². The SMILES string of the molecule is CC.CCNC(=O)CNC(=O)CCCCCN1C(=O)CC(S)C1=O.Cc1c(F)cc2nc3c(c4c2c1CCC4COCNC(=O)CNC(=O)CNC=O)Cn1c-3cc2c(c1=O)COC(=O)C2O.Cc1ccccc1. The van der Waals surface area contributed by atoms with Gasteiger partial charge in [0.1, 0.15) is 19.2 Å². The number of halogens is 1. The normalized spacial score (nSPS) is 16.6. The molecule has 398 valence electrons. The van der Waals surface area contributed by atoms with Crippen molar-refractivity contribution in [3.63, 3.8) is 0 Å². The minimum absolute atomic E-state index is 0.00716. The van der Waals surface area contributed by atoms with Gasteiger partial charge in [-0.05, 0) is 69.2 Å². The van der Waals surface area contributed by atoms with Gasteiger partial charge in [0.2, 0.25) is 41.9 Å². The maximum absolute atomic E-state index is 15.0. The molecule has 6 N–H and O–H groups in total. The quantitative estimate of drug-likeness (QED) is 0.0166. The zero-order valence-corrected chi connectivity index (χ0v) is 43.2. The molecule has 4 aliphatic rings. The van der Waals surface area contributed by atoms with E-state index < -0.39 is 34.7 Å². The standard InChI is InChI=1S/C29H28FN5O8.C14H23N3O4S.C7H8.C2H6/c1-13-15-3-2-14(9-42-12-33-23(38)7-32-22(37)6-31-11-36)24-17-8-35-21(26(17)34-20(25(15)24)5-19(13)30)4-16-18(28(35)40)10-43-29(41)27(16)39;1-2-15-12(19)9-16-11(18)6-4-3-5-7-17-13(20)8-10(22)14(17)21;1-7-5-3-2-4-6-7;1-2/h4-5,11,14,27,39H,2-3,6-10,12H2,1H3,(H,31,36)(H,32,37)(H,33,38);10,22H,2-9H2,1H3,(H,15,19)(H,16,18);2-6H,1H3;1-2H3. The van der Waals surface area contributed by atoms with Crippen LogP contribution >= 0.6 is 12.6 Å². The topological polar surface area (TPSA) is 274 Å². The highest BCUT2D eigenvalue weighted by Crippen LogP contribution is 2.46. The smallest absolute Gasteiger partial charge is 0.340 e. The molecule has 7 amide bonds. The second-order valence-electron chi connectivity index (χ2n) is 17.5. The molecule has 74 heavy (non-hydrogen) atoms. The summed E-state index contributed by atoms with van der Waals surface area (Å²) in [4.78, 5) is 111. The predicted molar refractivity (Wildman–Crippen MR) is 274 cm³/mol. The van der Waals surface area contributed by atoms with Crippen molar-refractivity contribution >= 4 is 71.4 Å². The number of unbranched alkanes of at least 4 members (excludes halogenated alkanes) is 2.